The van der Waals surface area contributed by atoms with Crippen LogP contribution in [0.1, 0.15) is 58.1 Å². The smallest absolute Gasteiger partial charge is 0.0824 e. The van der Waals surface area contributed by atoms with Crippen LogP contribution in [-0.4, -0.2) is 6.17 Å². The summed E-state index contributed by atoms with van der Waals surface area (Å²) in [6.45, 7) is 8.51. The van der Waals surface area contributed by atoms with Crippen LogP contribution in [0.25, 0.3) is 6.08 Å². The first-order valence-electron chi connectivity index (χ1n) is 7.74. The Labute approximate surface area is 129 Å². The maximum Gasteiger partial charge on any atom is 0.0824 e. The van der Waals surface area contributed by atoms with Crippen molar-refractivity contribution in [1.29, 1.82) is 0 Å². The second-order valence-corrected chi connectivity index (χ2v) is 5.32. The van der Waals surface area contributed by atoms with Gasteiger partial charge in [0.05, 0.1) is 6.17 Å². The normalized spacial score (nSPS) is 10.0. The number of hydrazine groups is 2. The third-order valence-corrected chi connectivity index (χ3v) is 3.11. The summed E-state index contributed by atoms with van der Waals surface area (Å²) < 4.78 is 0. The minimum Gasteiger partial charge on any atom is -0.270 e. The van der Waals surface area contributed by atoms with Gasteiger partial charge in [-0.15, -0.1) is 0 Å². The molecular weight excluding hydrogens is 260 g/mol. The highest BCUT2D eigenvalue weighted by Crippen LogP contribution is 2.15. The number of hydrogen-bond donors (Lipinski definition) is 4. The standard InChI is InChI=1S/C14H20.C3H12N4/c1-4-5-8-13-9-6-7-10-14(13)11-12(2)3;1-2-3(6-4)7-5/h6-7,9-11H,4-5,8H2,1-3H3;3,6-7H,2,4-5H2,1H3. The average molecular weight is 292 g/mol. The van der Waals surface area contributed by atoms with Crippen LogP contribution in [0.3, 0.4) is 0 Å². The zero-order valence-electron chi connectivity index (χ0n) is 13.9. The summed E-state index contributed by atoms with van der Waals surface area (Å²) in [5.74, 6) is 10.0. The number of unbranched alkanes of at least 4 members (excludes halogenated alkanes) is 1. The molecule has 120 valence electrons. The summed E-state index contributed by atoms with van der Waals surface area (Å²) in [6.07, 6.45) is 6.95. The molecule has 0 aliphatic carbocycles. The highest BCUT2D eigenvalue weighted by Gasteiger charge is 1.97. The zero-order valence-corrected chi connectivity index (χ0v) is 13.9. The van der Waals surface area contributed by atoms with Crippen molar-refractivity contribution in [2.24, 2.45) is 11.7 Å². The van der Waals surface area contributed by atoms with Crippen molar-refractivity contribution in [1.82, 2.24) is 10.9 Å². The van der Waals surface area contributed by atoms with Gasteiger partial charge in [-0.1, -0.05) is 56.2 Å². The number of nitrogens with two attached hydrogens (primary N) is 2. The number of benzene rings is 1. The molecule has 0 aromatic heterocycles. The Morgan fingerprint density at radius 3 is 2.19 bits per heavy atom. The summed E-state index contributed by atoms with van der Waals surface area (Å²) in [5, 5.41) is 0. The largest absolute Gasteiger partial charge is 0.270 e. The summed E-state index contributed by atoms with van der Waals surface area (Å²) in [6, 6.07) is 8.69. The lowest BCUT2D eigenvalue weighted by atomic mass is 10.0. The summed E-state index contributed by atoms with van der Waals surface area (Å²) in [4.78, 5) is 0. The molecule has 0 aliphatic rings. The molecule has 0 saturated heterocycles. The Morgan fingerprint density at radius 2 is 1.76 bits per heavy atom. The van der Waals surface area contributed by atoms with Gasteiger partial charge in [0.2, 0.25) is 0 Å². The lowest BCUT2D eigenvalue weighted by Gasteiger charge is -2.09. The van der Waals surface area contributed by atoms with Crippen LogP contribution in [0.2, 0.25) is 0 Å². The Bertz CT molecular complexity index is 388. The second kappa shape index (κ2) is 12.5. The Balaban J connectivity index is 0.000000486. The predicted octanol–water partition coefficient (Wildman–Crippen LogP) is 3.10. The first kappa shape index (κ1) is 19.8. The fraction of sp³-hybridized carbons (Fsp3) is 0.529. The van der Waals surface area contributed by atoms with Crippen molar-refractivity contribution in [3.8, 4) is 0 Å². The van der Waals surface area contributed by atoms with E-state index in [1.807, 2.05) is 6.92 Å². The van der Waals surface area contributed by atoms with E-state index in [0.717, 1.165) is 6.42 Å². The van der Waals surface area contributed by atoms with Gasteiger partial charge >= 0.3 is 0 Å². The molecule has 21 heavy (non-hydrogen) atoms. The van der Waals surface area contributed by atoms with Crippen molar-refractivity contribution in [3.63, 3.8) is 0 Å². The van der Waals surface area contributed by atoms with Crippen LogP contribution >= 0.6 is 0 Å². The van der Waals surface area contributed by atoms with Gasteiger partial charge in [0, 0.05) is 0 Å². The lowest BCUT2D eigenvalue weighted by molar-refractivity contribution is 0.431. The van der Waals surface area contributed by atoms with Crippen molar-refractivity contribution in [2.45, 2.75) is 59.5 Å². The monoisotopic (exact) mass is 292 g/mol. The molecule has 4 nitrogen and oxygen atoms in total. The second-order valence-electron chi connectivity index (χ2n) is 5.32. The fourth-order valence-electron chi connectivity index (χ4n) is 1.86. The molecule has 0 spiro atoms. The molecule has 0 fully saturated rings. The third kappa shape index (κ3) is 9.37. The number of nitrogens with one attached hydrogen (secondary N) is 2. The van der Waals surface area contributed by atoms with Crippen LogP contribution in [-0.2, 0) is 6.42 Å². The summed E-state index contributed by atoms with van der Waals surface area (Å²) in [7, 11) is 0. The molecule has 4 heteroatoms. The van der Waals surface area contributed by atoms with E-state index in [9.17, 15) is 0 Å². The van der Waals surface area contributed by atoms with E-state index in [1.165, 1.54) is 36.0 Å². The minimum absolute atomic E-state index is 0.0417. The van der Waals surface area contributed by atoms with Crippen LogP contribution in [0.5, 0.6) is 0 Å². The molecule has 0 bridgehead atoms. The van der Waals surface area contributed by atoms with Crippen molar-refractivity contribution < 1.29 is 0 Å². The van der Waals surface area contributed by atoms with E-state index in [0.29, 0.717) is 0 Å². The zero-order chi connectivity index (χ0) is 16.1. The Hall–Kier alpha value is -1.20. The van der Waals surface area contributed by atoms with Gasteiger partial charge in [-0.3, -0.25) is 11.7 Å². The highest BCUT2D eigenvalue weighted by molar-refractivity contribution is 5.55. The average Bonchev–Trinajstić information content (AvgIpc) is 2.48. The van der Waals surface area contributed by atoms with E-state index >= 15 is 0 Å². The van der Waals surface area contributed by atoms with Gasteiger partial charge in [0.15, 0.2) is 0 Å². The molecule has 0 heterocycles. The SMILES string of the molecule is CCC(NN)NN.CCCCc1ccccc1C=C(C)C. The summed E-state index contributed by atoms with van der Waals surface area (Å²) in [5.41, 5.74) is 9.17. The van der Waals surface area contributed by atoms with Crippen molar-refractivity contribution >= 4 is 6.08 Å². The molecule has 1 rings (SSSR count). The Morgan fingerprint density at radius 1 is 1.14 bits per heavy atom. The molecule has 6 N–H and O–H groups in total. The van der Waals surface area contributed by atoms with Gasteiger partial charge < -0.3 is 0 Å². The van der Waals surface area contributed by atoms with E-state index in [2.05, 4.69) is 62.0 Å². The topological polar surface area (TPSA) is 76.1 Å². The van der Waals surface area contributed by atoms with Gasteiger partial charge in [0.25, 0.3) is 0 Å². The first-order chi connectivity index (χ1) is 10.1. The fourth-order valence-corrected chi connectivity index (χ4v) is 1.86. The maximum absolute atomic E-state index is 5.00. The van der Waals surface area contributed by atoms with Crippen LogP contribution in [0.15, 0.2) is 29.8 Å². The van der Waals surface area contributed by atoms with Gasteiger partial charge in [-0.05, 0) is 44.2 Å². The van der Waals surface area contributed by atoms with Gasteiger partial charge in [-0.2, -0.15) is 0 Å². The van der Waals surface area contributed by atoms with Crippen LogP contribution < -0.4 is 22.5 Å². The minimum atomic E-state index is 0.0417. The van der Waals surface area contributed by atoms with Crippen molar-refractivity contribution in [2.75, 3.05) is 0 Å². The van der Waals surface area contributed by atoms with E-state index in [-0.39, 0.29) is 6.17 Å². The molecule has 0 amide bonds. The van der Waals surface area contributed by atoms with E-state index in [1.54, 1.807) is 0 Å². The van der Waals surface area contributed by atoms with E-state index < -0.39 is 0 Å². The molecule has 0 unspecified atom stereocenters. The van der Waals surface area contributed by atoms with Crippen LogP contribution in [0.4, 0.5) is 0 Å². The molecular formula is C17H32N4. The number of aryl methyl sites for hydroxylation is 1. The summed E-state index contributed by atoms with van der Waals surface area (Å²) >= 11 is 0. The maximum atomic E-state index is 5.00. The van der Waals surface area contributed by atoms with Gasteiger partial charge in [0.1, 0.15) is 0 Å². The Kier molecular flexibility index (Phi) is 11.8. The molecule has 0 atom stereocenters. The quantitative estimate of drug-likeness (QED) is 0.354. The molecule has 0 saturated carbocycles. The lowest BCUT2D eigenvalue weighted by Crippen LogP contribution is -2.48. The first-order valence-corrected chi connectivity index (χ1v) is 7.74. The number of hydrogen-bond acceptors (Lipinski definition) is 4. The molecule has 1 aromatic carbocycles. The number of rotatable bonds is 7. The third-order valence-electron chi connectivity index (χ3n) is 3.11. The predicted molar refractivity (Wildman–Crippen MR) is 93.1 cm³/mol. The van der Waals surface area contributed by atoms with Crippen LogP contribution in [0, 0.1) is 0 Å². The highest BCUT2D eigenvalue weighted by atomic mass is 15.4. The van der Waals surface area contributed by atoms with E-state index in [4.69, 9.17) is 11.7 Å². The molecule has 0 radical (unpaired) electrons. The van der Waals surface area contributed by atoms with Crippen molar-refractivity contribution in [3.05, 3.63) is 41.0 Å². The molecule has 0 aliphatic heterocycles. The number of allylic oxidation sites excluding steroid dienone is 1. The van der Waals surface area contributed by atoms with Gasteiger partial charge in [-0.25, -0.2) is 10.9 Å². The molecule has 1 aromatic rings.